The fourth-order valence-electron chi connectivity index (χ4n) is 14.5. The summed E-state index contributed by atoms with van der Waals surface area (Å²) in [5.41, 5.74) is 27.4. The molecule has 22 rings (SSSR count). The molecule has 2 atom stereocenters. The maximum Gasteiger partial charge on any atom is 0.381 e. The zero-order chi connectivity index (χ0) is 100. The Morgan fingerprint density at radius 3 is 0.784 bits per heavy atom. The monoisotopic (exact) mass is 2640 g/mol. The Balaban J connectivity index is 0.000000165. The number of fused-ring (bicyclic) bond motifs is 4. The third-order valence-corrected chi connectivity index (χ3v) is 21.6. The number of aryl methyl sites for hydroxylation is 1. The number of hydrogen-bond acceptors (Lipinski definition) is 15. The number of benzene rings is 15. The Morgan fingerprint density at radius 2 is 0.547 bits per heavy atom. The average molecular weight is 2640 g/mol. The number of hydrogen-bond donors (Lipinski definition) is 2. The first-order chi connectivity index (χ1) is 70.4. The number of para-hydroxylation sites is 8. The van der Waals surface area contributed by atoms with Crippen LogP contribution in [0.4, 0.5) is 24.5 Å². The van der Waals surface area contributed by atoms with Crippen molar-refractivity contribution in [3.05, 3.63) is 513 Å². The molecule has 0 fully saturated rings. The van der Waals surface area contributed by atoms with Gasteiger partial charge in [0.2, 0.25) is 0 Å². The molecule has 7 heterocycles. The SMILES string of the molecule is CC(O)CC(C)O.Cc1ccc(-c2nc3ccccc3nc2-c2[c-]cc(C(F)(F)F)cc2)cc1.[C-]#[N+]c1ccc(-c2nc3ccccc3nc2-c2[c-]cc(C#N)cc2)cc1.[C-]#[N+]c1ccc(-c2nc3ccccc3nc2-c2[c-]cc(C#N)cc2)cc1.[Ir].[Ir].[Ir].[Ir].[c-]1ccccc1-c1ccccn1.[c-]1ccccc1-c1ccccn1.[c-]1ccccc1-c1ccccn1.[c-]1ccccc1-c1nc2ccccc2nc1-c1ccccc1. The van der Waals surface area contributed by atoms with Crippen LogP contribution in [0.2, 0.25) is 0 Å². The molecular weight excluding hydrogens is 2560 g/mol. The standard InChI is InChI=1S/C22H14F3N2.2C22H11N4.C20H13N2.3C11H8N.C5H12O2.4Ir/c1-14-6-8-15(9-7-14)20-21(27-19-5-3-2-4-18(19)26-20)16-10-12-17(13-11-16)22(23,24)25;2*1-24-18-12-10-17(11-13-18)22-21(16-8-6-15(14-23)7-9-16)25-19-4-2-3-5-20(19)26-22;1-3-9-15(10-4-1)19-20(16-11-5-2-6-12-16)22-18-14-8-7-13-17(18)21-19;3*1-2-6-10(7-3-1)11-8-4-5-9-12-11;1-4(6)3-5(2)7;;;;/h2-10,12-13H,1H3;2*2-8,10-13H;1-11,13-14H;3*1-6,8-9H;4-7H,3H2,1-2H3;;;;/q7*-1;;;;;. The van der Waals surface area contributed by atoms with Crippen molar-refractivity contribution in [1.29, 1.82) is 10.5 Å². The number of pyridine rings is 3. The molecule has 15 aromatic carbocycles. The van der Waals surface area contributed by atoms with E-state index in [4.69, 9.17) is 68.8 Å². The van der Waals surface area contributed by atoms with Crippen LogP contribution in [0.15, 0.2) is 425 Å². The number of nitrogens with zero attached hydrogens (tertiary/aromatic N) is 15. The van der Waals surface area contributed by atoms with Gasteiger partial charge in [-0.2, -0.15) is 13.2 Å². The van der Waals surface area contributed by atoms with Gasteiger partial charge in [-0.1, -0.05) is 194 Å². The van der Waals surface area contributed by atoms with Crippen molar-refractivity contribution < 1.29 is 104 Å². The van der Waals surface area contributed by atoms with Crippen LogP contribution in [0.25, 0.3) is 178 Å². The van der Waals surface area contributed by atoms with Gasteiger partial charge >= 0.3 is 6.18 Å². The van der Waals surface area contributed by atoms with Crippen LogP contribution in [-0.4, -0.2) is 77.2 Å². The molecule has 7 aromatic heterocycles. The normalized spacial score (nSPS) is 10.6. The maximum absolute atomic E-state index is 12.9. The Hall–Kier alpha value is -16.6. The smallest absolute Gasteiger partial charge is 0.381 e. The summed E-state index contributed by atoms with van der Waals surface area (Å²) in [5, 5.41) is 35.1. The minimum absolute atomic E-state index is 0. The van der Waals surface area contributed by atoms with Crippen LogP contribution in [0.1, 0.15) is 42.5 Å². The molecule has 2 unspecified atom stereocenters. The van der Waals surface area contributed by atoms with Gasteiger partial charge in [0.15, 0.2) is 11.4 Å². The van der Waals surface area contributed by atoms with Gasteiger partial charge < -0.3 is 25.2 Å². The first-order valence-electron chi connectivity index (χ1n) is 45.5. The largest absolute Gasteiger partial charge is 0.393 e. The minimum atomic E-state index is -4.40. The van der Waals surface area contributed by atoms with Crippen molar-refractivity contribution in [2.45, 2.75) is 45.6 Å². The van der Waals surface area contributed by atoms with Gasteiger partial charge in [0.25, 0.3) is 0 Å². The molecule has 0 saturated carbocycles. The second-order valence-corrected chi connectivity index (χ2v) is 32.1. The van der Waals surface area contributed by atoms with Crippen LogP contribution in [-0.2, 0) is 86.6 Å². The predicted molar refractivity (Wildman–Crippen MR) is 562 cm³/mol. The summed E-state index contributed by atoms with van der Waals surface area (Å²) in [6.45, 7) is 19.5. The van der Waals surface area contributed by atoms with Crippen LogP contribution >= 0.6 is 0 Å². The van der Waals surface area contributed by atoms with E-state index in [-0.39, 0.29) is 92.6 Å². The van der Waals surface area contributed by atoms with E-state index in [1.165, 1.54) is 6.07 Å². The Bertz CT molecular complexity index is 7380. The molecule has 2 N–H and O–H groups in total. The molecule has 17 nitrogen and oxygen atoms in total. The molecule has 0 aliphatic carbocycles. The maximum atomic E-state index is 12.9. The van der Waals surface area contributed by atoms with Gasteiger partial charge in [0, 0.05) is 134 Å². The van der Waals surface area contributed by atoms with E-state index in [9.17, 15) is 13.2 Å². The van der Waals surface area contributed by atoms with Gasteiger partial charge in [-0.05, 0) is 150 Å². The molecule has 732 valence electrons. The quantitative estimate of drug-likeness (QED) is 0.102. The summed E-state index contributed by atoms with van der Waals surface area (Å²) in [6.07, 6.45) is 0.687. The van der Waals surface area contributed by atoms with Crippen LogP contribution in [0, 0.1) is 85.2 Å². The summed E-state index contributed by atoms with van der Waals surface area (Å²) in [4.78, 5) is 57.7. The zero-order valence-corrected chi connectivity index (χ0v) is 88.9. The number of alkyl halides is 3. The summed E-state index contributed by atoms with van der Waals surface area (Å²) in [6, 6.07) is 152. The van der Waals surface area contributed by atoms with Crippen molar-refractivity contribution in [1.82, 2.24) is 54.8 Å². The van der Waals surface area contributed by atoms with E-state index >= 15 is 0 Å². The molecule has 24 heteroatoms. The van der Waals surface area contributed by atoms with E-state index in [1.807, 2.05) is 335 Å². The second-order valence-electron chi connectivity index (χ2n) is 32.1. The van der Waals surface area contributed by atoms with E-state index < -0.39 is 11.7 Å². The summed E-state index contributed by atoms with van der Waals surface area (Å²) >= 11 is 0. The summed E-state index contributed by atoms with van der Waals surface area (Å²) < 4.78 is 38.6. The third kappa shape index (κ3) is 31.2. The summed E-state index contributed by atoms with van der Waals surface area (Å²) in [7, 11) is 0. The molecule has 0 saturated heterocycles. The van der Waals surface area contributed by atoms with E-state index in [2.05, 4.69) is 96.4 Å². The topological polar surface area (TPSA) is 239 Å². The van der Waals surface area contributed by atoms with Crippen LogP contribution < -0.4 is 0 Å². The van der Waals surface area contributed by atoms with Crippen molar-refractivity contribution in [2.24, 2.45) is 0 Å². The van der Waals surface area contributed by atoms with Gasteiger partial charge in [0.05, 0.1) is 92.3 Å². The molecule has 0 spiro atoms. The van der Waals surface area contributed by atoms with Crippen molar-refractivity contribution in [3.8, 4) is 136 Å². The molecular formula is C124H85F3Ir4N15O2-7. The fourth-order valence-corrected chi connectivity index (χ4v) is 14.5. The van der Waals surface area contributed by atoms with E-state index in [0.29, 0.717) is 62.8 Å². The van der Waals surface area contributed by atoms with Crippen molar-refractivity contribution in [3.63, 3.8) is 0 Å². The molecule has 148 heavy (non-hydrogen) atoms. The first kappa shape index (κ1) is 112. The minimum Gasteiger partial charge on any atom is -0.393 e. The number of nitriles is 2. The average Bonchev–Trinajstić information content (AvgIpc) is 0.790. The molecule has 22 aromatic rings. The first-order valence-corrected chi connectivity index (χ1v) is 45.5. The number of aliphatic hydroxyl groups excluding tert-OH is 2. The van der Waals surface area contributed by atoms with Crippen LogP contribution in [0.3, 0.4) is 0 Å². The van der Waals surface area contributed by atoms with Crippen molar-refractivity contribution >= 4 is 55.5 Å². The molecule has 0 aliphatic rings. The van der Waals surface area contributed by atoms with Gasteiger partial charge in [-0.15, -0.1) is 233 Å². The number of aliphatic hydroxyl groups is 2. The molecule has 0 aliphatic heterocycles. The number of aromatic nitrogens is 11. The van der Waals surface area contributed by atoms with Crippen LogP contribution in [0.5, 0.6) is 0 Å². The van der Waals surface area contributed by atoms with Gasteiger partial charge in [0.1, 0.15) is 0 Å². The Morgan fingerprint density at radius 1 is 0.291 bits per heavy atom. The second kappa shape index (κ2) is 56.6. The molecule has 0 amide bonds. The Kier molecular flexibility index (Phi) is 42.7. The molecule has 4 radical (unpaired) electrons. The third-order valence-electron chi connectivity index (χ3n) is 21.6. The Labute approximate surface area is 911 Å². The number of halogens is 3. The van der Waals surface area contributed by atoms with Gasteiger partial charge in [-0.25, -0.2) is 20.2 Å². The van der Waals surface area contributed by atoms with Crippen molar-refractivity contribution in [2.75, 3.05) is 0 Å². The predicted octanol–water partition coefficient (Wildman–Crippen LogP) is 29.0. The van der Waals surface area contributed by atoms with E-state index in [1.54, 1.807) is 81.0 Å². The molecule has 0 bridgehead atoms. The van der Waals surface area contributed by atoms with Gasteiger partial charge in [-0.3, -0.25) is 39.9 Å². The summed E-state index contributed by atoms with van der Waals surface area (Å²) in [5.74, 6) is 0. The number of rotatable bonds is 13. The zero-order valence-electron chi connectivity index (χ0n) is 79.3. The van der Waals surface area contributed by atoms with E-state index in [0.717, 1.165) is 152 Å². The fraction of sp³-hybridized carbons (Fsp3) is 0.0565.